The summed E-state index contributed by atoms with van der Waals surface area (Å²) in [4.78, 5) is 4.47. The number of nitrogens with zero attached hydrogens (tertiary/aromatic N) is 3. The Balaban J connectivity index is 1.62. The Morgan fingerprint density at radius 1 is 0.913 bits per heavy atom. The van der Waals surface area contributed by atoms with Crippen LogP contribution < -0.4 is 4.90 Å². The van der Waals surface area contributed by atoms with Gasteiger partial charge in [-0.05, 0) is 23.3 Å². The molecule has 2 aromatic rings. The highest BCUT2D eigenvalue weighted by Gasteiger charge is 2.19. The summed E-state index contributed by atoms with van der Waals surface area (Å²) in [5, 5.41) is 8.93. The molecule has 0 atom stereocenters. The predicted octanol–water partition coefficient (Wildman–Crippen LogP) is 3.21. The van der Waals surface area contributed by atoms with E-state index >= 15 is 0 Å². The molecular formula is C19H20FN3. The molecule has 1 saturated heterocycles. The Morgan fingerprint density at radius 2 is 1.57 bits per heavy atom. The number of halogens is 1. The average Bonchev–Trinajstić information content (AvgIpc) is 2.58. The first kappa shape index (κ1) is 15.5. The first-order valence-corrected chi connectivity index (χ1v) is 7.93. The third kappa shape index (κ3) is 3.69. The van der Waals surface area contributed by atoms with Crippen LogP contribution in [-0.4, -0.2) is 31.1 Å². The molecule has 3 nitrogen and oxygen atoms in total. The van der Waals surface area contributed by atoms with Crippen LogP contribution in [0.5, 0.6) is 0 Å². The first-order valence-electron chi connectivity index (χ1n) is 7.93. The van der Waals surface area contributed by atoms with E-state index in [4.69, 9.17) is 5.26 Å². The maximum Gasteiger partial charge on any atom is 0.146 e. The van der Waals surface area contributed by atoms with Crippen LogP contribution in [0.2, 0.25) is 0 Å². The highest BCUT2D eigenvalue weighted by molar-refractivity contribution is 5.48. The molecule has 0 radical (unpaired) electrons. The van der Waals surface area contributed by atoms with E-state index in [2.05, 4.69) is 21.9 Å². The van der Waals surface area contributed by atoms with Crippen LogP contribution in [0.4, 0.5) is 10.1 Å². The summed E-state index contributed by atoms with van der Waals surface area (Å²) in [6.07, 6.45) is 0.450. The summed E-state index contributed by atoms with van der Waals surface area (Å²) in [7, 11) is 0. The van der Waals surface area contributed by atoms with Crippen molar-refractivity contribution < 1.29 is 4.39 Å². The number of piperazine rings is 1. The van der Waals surface area contributed by atoms with Crippen LogP contribution >= 0.6 is 0 Å². The van der Waals surface area contributed by atoms with E-state index in [0.29, 0.717) is 12.1 Å². The molecular weight excluding hydrogens is 289 g/mol. The lowest BCUT2D eigenvalue weighted by Gasteiger charge is -2.36. The Kier molecular flexibility index (Phi) is 4.89. The van der Waals surface area contributed by atoms with Crippen LogP contribution in [0, 0.1) is 17.1 Å². The number of benzene rings is 2. The molecule has 1 fully saturated rings. The van der Waals surface area contributed by atoms with E-state index in [1.54, 1.807) is 6.07 Å². The maximum atomic E-state index is 13.9. The van der Waals surface area contributed by atoms with Gasteiger partial charge in [0.2, 0.25) is 0 Å². The lowest BCUT2D eigenvalue weighted by atomic mass is 10.0. The van der Waals surface area contributed by atoms with E-state index < -0.39 is 0 Å². The fraction of sp³-hybridized carbons (Fsp3) is 0.316. The monoisotopic (exact) mass is 309 g/mol. The van der Waals surface area contributed by atoms with Crippen molar-refractivity contribution in [3.63, 3.8) is 0 Å². The second-order valence-corrected chi connectivity index (χ2v) is 5.82. The molecule has 1 heterocycles. The van der Waals surface area contributed by atoms with Crippen molar-refractivity contribution in [3.05, 3.63) is 65.5 Å². The Hall–Kier alpha value is -2.38. The van der Waals surface area contributed by atoms with Crippen LogP contribution in [0.3, 0.4) is 0 Å². The smallest absolute Gasteiger partial charge is 0.146 e. The van der Waals surface area contributed by atoms with E-state index in [9.17, 15) is 4.39 Å². The molecule has 118 valence electrons. The van der Waals surface area contributed by atoms with Crippen LogP contribution in [0.25, 0.3) is 0 Å². The number of hydrogen-bond acceptors (Lipinski definition) is 3. The molecule has 23 heavy (non-hydrogen) atoms. The molecule has 0 bridgehead atoms. The molecule has 0 spiro atoms. The van der Waals surface area contributed by atoms with Gasteiger partial charge < -0.3 is 4.90 Å². The molecule has 1 aliphatic rings. The zero-order valence-electron chi connectivity index (χ0n) is 13.1. The van der Waals surface area contributed by atoms with Gasteiger partial charge in [0.1, 0.15) is 5.82 Å². The molecule has 0 aliphatic carbocycles. The standard InChI is InChI=1S/C19H20FN3/c20-18-7-3-4-8-19(18)23-13-11-22(12-14-23)15-17-6-2-1-5-16(17)9-10-21/h1-8H,9,11-15H2. The number of nitriles is 1. The van der Waals surface area contributed by atoms with Gasteiger partial charge in [0.05, 0.1) is 18.2 Å². The summed E-state index contributed by atoms with van der Waals surface area (Å²) >= 11 is 0. The Labute approximate surface area is 136 Å². The fourth-order valence-electron chi connectivity index (χ4n) is 3.07. The normalized spacial score (nSPS) is 15.4. The topological polar surface area (TPSA) is 30.3 Å². The highest BCUT2D eigenvalue weighted by atomic mass is 19.1. The van der Waals surface area contributed by atoms with Crippen molar-refractivity contribution in [3.8, 4) is 6.07 Å². The van der Waals surface area contributed by atoms with Gasteiger partial charge in [-0.15, -0.1) is 0 Å². The zero-order valence-corrected chi connectivity index (χ0v) is 13.1. The minimum absolute atomic E-state index is 0.152. The lowest BCUT2D eigenvalue weighted by Crippen LogP contribution is -2.46. The first-order chi connectivity index (χ1) is 11.3. The fourth-order valence-corrected chi connectivity index (χ4v) is 3.07. The molecule has 0 N–H and O–H groups in total. The van der Waals surface area contributed by atoms with Crippen molar-refractivity contribution in [1.29, 1.82) is 5.26 Å². The third-order valence-electron chi connectivity index (χ3n) is 4.35. The summed E-state index contributed by atoms with van der Waals surface area (Å²) in [6.45, 7) is 4.29. The molecule has 0 saturated carbocycles. The molecule has 0 unspecified atom stereocenters. The number of para-hydroxylation sites is 1. The Morgan fingerprint density at radius 3 is 2.26 bits per heavy atom. The van der Waals surface area contributed by atoms with Gasteiger partial charge in [-0.2, -0.15) is 5.26 Å². The van der Waals surface area contributed by atoms with Crippen LogP contribution in [0.15, 0.2) is 48.5 Å². The zero-order chi connectivity index (χ0) is 16.1. The van der Waals surface area contributed by atoms with Crippen molar-refractivity contribution in [1.82, 2.24) is 4.90 Å². The minimum Gasteiger partial charge on any atom is -0.367 e. The average molecular weight is 309 g/mol. The summed E-state index contributed by atoms with van der Waals surface area (Å²) < 4.78 is 13.9. The van der Waals surface area contributed by atoms with Crippen molar-refractivity contribution in [2.45, 2.75) is 13.0 Å². The van der Waals surface area contributed by atoms with Crippen molar-refractivity contribution in [2.24, 2.45) is 0 Å². The van der Waals surface area contributed by atoms with Crippen molar-refractivity contribution >= 4 is 5.69 Å². The van der Waals surface area contributed by atoms with Gasteiger partial charge in [0, 0.05) is 32.7 Å². The molecule has 2 aromatic carbocycles. The van der Waals surface area contributed by atoms with Gasteiger partial charge >= 0.3 is 0 Å². The van der Waals surface area contributed by atoms with E-state index in [1.165, 1.54) is 11.6 Å². The summed E-state index contributed by atoms with van der Waals surface area (Å²) in [6, 6.07) is 17.3. The van der Waals surface area contributed by atoms with Crippen molar-refractivity contribution in [2.75, 3.05) is 31.1 Å². The molecule has 0 aromatic heterocycles. The second kappa shape index (κ2) is 7.26. The van der Waals surface area contributed by atoms with Gasteiger partial charge in [-0.3, -0.25) is 4.90 Å². The second-order valence-electron chi connectivity index (χ2n) is 5.82. The highest BCUT2D eigenvalue weighted by Crippen LogP contribution is 2.21. The molecule has 3 rings (SSSR count). The number of rotatable bonds is 4. The summed E-state index contributed by atoms with van der Waals surface area (Å²) in [5.41, 5.74) is 3.01. The maximum absolute atomic E-state index is 13.9. The molecule has 1 aliphatic heterocycles. The molecule has 4 heteroatoms. The number of anilines is 1. The number of hydrogen-bond donors (Lipinski definition) is 0. The van der Waals surface area contributed by atoms with E-state index in [-0.39, 0.29) is 5.82 Å². The van der Waals surface area contributed by atoms with Gasteiger partial charge in [-0.1, -0.05) is 36.4 Å². The SMILES string of the molecule is N#CCc1ccccc1CN1CCN(c2ccccc2F)CC1. The van der Waals surface area contributed by atoms with E-state index in [1.807, 2.05) is 30.3 Å². The van der Waals surface area contributed by atoms with Gasteiger partial charge in [0.15, 0.2) is 0 Å². The predicted molar refractivity (Wildman–Crippen MR) is 89.6 cm³/mol. The van der Waals surface area contributed by atoms with Gasteiger partial charge in [0.25, 0.3) is 0 Å². The van der Waals surface area contributed by atoms with Crippen LogP contribution in [0.1, 0.15) is 11.1 Å². The van der Waals surface area contributed by atoms with Gasteiger partial charge in [-0.25, -0.2) is 4.39 Å². The van der Waals surface area contributed by atoms with E-state index in [0.717, 1.165) is 38.3 Å². The third-order valence-corrected chi connectivity index (χ3v) is 4.35. The lowest BCUT2D eigenvalue weighted by molar-refractivity contribution is 0.248. The minimum atomic E-state index is -0.152. The summed E-state index contributed by atoms with van der Waals surface area (Å²) in [5.74, 6) is -0.152. The Bertz CT molecular complexity index is 700. The van der Waals surface area contributed by atoms with Crippen LogP contribution in [-0.2, 0) is 13.0 Å². The quantitative estimate of drug-likeness (QED) is 0.869. The molecule has 0 amide bonds. The largest absolute Gasteiger partial charge is 0.367 e.